The average Bonchev–Trinajstić information content (AvgIpc) is 2.60. The maximum atomic E-state index is 6.18. The summed E-state index contributed by atoms with van der Waals surface area (Å²) in [6.45, 7) is 13.1. The molecular weight excluding hydrogens is 270 g/mol. The standard InChI is InChI=1S/C14H23NO2Si2/c1-18(2,3)16-13-9-11-7-8-15-12(11)10-14(13)17-19(4,5)6/h7-10,15H,1-6H3. The van der Waals surface area contributed by atoms with E-state index < -0.39 is 16.6 Å². The van der Waals surface area contributed by atoms with Gasteiger partial charge in [0.25, 0.3) is 0 Å². The second kappa shape index (κ2) is 4.72. The molecule has 0 bridgehead atoms. The van der Waals surface area contributed by atoms with E-state index in [1.165, 1.54) is 0 Å². The molecule has 1 aromatic heterocycles. The number of aromatic nitrogens is 1. The molecule has 104 valence electrons. The van der Waals surface area contributed by atoms with Gasteiger partial charge in [0.2, 0.25) is 16.6 Å². The molecule has 3 nitrogen and oxygen atoms in total. The molecule has 0 fully saturated rings. The first-order chi connectivity index (χ1) is 8.64. The SMILES string of the molecule is C[Si](C)(C)Oc1cc2cc[nH]c2cc1O[Si](C)(C)C. The first-order valence-electron chi connectivity index (χ1n) is 6.63. The zero-order valence-electron chi connectivity index (χ0n) is 12.6. The summed E-state index contributed by atoms with van der Waals surface area (Å²) in [6, 6.07) is 6.20. The number of rotatable bonds is 4. The van der Waals surface area contributed by atoms with Crippen molar-refractivity contribution >= 4 is 27.5 Å². The van der Waals surface area contributed by atoms with Gasteiger partial charge in [-0.1, -0.05) is 0 Å². The van der Waals surface area contributed by atoms with Gasteiger partial charge in [0.15, 0.2) is 0 Å². The topological polar surface area (TPSA) is 34.2 Å². The van der Waals surface area contributed by atoms with Crippen LogP contribution in [0.2, 0.25) is 39.3 Å². The van der Waals surface area contributed by atoms with Crippen LogP contribution < -0.4 is 8.85 Å². The van der Waals surface area contributed by atoms with Crippen molar-refractivity contribution in [3.05, 3.63) is 24.4 Å². The van der Waals surface area contributed by atoms with E-state index in [0.29, 0.717) is 0 Å². The Morgan fingerprint density at radius 2 is 1.37 bits per heavy atom. The second-order valence-corrected chi connectivity index (χ2v) is 15.7. The van der Waals surface area contributed by atoms with Gasteiger partial charge in [0.05, 0.1) is 0 Å². The van der Waals surface area contributed by atoms with Gasteiger partial charge >= 0.3 is 0 Å². The van der Waals surface area contributed by atoms with Crippen molar-refractivity contribution in [2.45, 2.75) is 39.3 Å². The van der Waals surface area contributed by atoms with Crippen molar-refractivity contribution in [3.63, 3.8) is 0 Å². The first-order valence-corrected chi connectivity index (χ1v) is 13.4. The number of hydrogen-bond donors (Lipinski definition) is 1. The van der Waals surface area contributed by atoms with Gasteiger partial charge in [-0.3, -0.25) is 0 Å². The molecule has 0 aliphatic carbocycles. The summed E-state index contributed by atoms with van der Waals surface area (Å²) in [6.07, 6.45) is 1.95. The molecule has 1 heterocycles. The summed E-state index contributed by atoms with van der Waals surface area (Å²) in [4.78, 5) is 3.23. The lowest BCUT2D eigenvalue weighted by Crippen LogP contribution is -2.32. The molecule has 5 heteroatoms. The molecule has 0 atom stereocenters. The quantitative estimate of drug-likeness (QED) is 0.836. The van der Waals surface area contributed by atoms with Crippen molar-refractivity contribution in [3.8, 4) is 11.5 Å². The van der Waals surface area contributed by atoms with Gasteiger partial charge in [0, 0.05) is 23.2 Å². The van der Waals surface area contributed by atoms with Crippen molar-refractivity contribution in [2.24, 2.45) is 0 Å². The minimum atomic E-state index is -1.65. The Hall–Kier alpha value is -1.21. The third-order valence-electron chi connectivity index (χ3n) is 2.45. The number of H-pyrrole nitrogens is 1. The Bertz CT molecular complexity index is 529. The highest BCUT2D eigenvalue weighted by molar-refractivity contribution is 6.71. The van der Waals surface area contributed by atoms with E-state index >= 15 is 0 Å². The molecule has 2 rings (SSSR count). The third kappa shape index (κ3) is 3.88. The summed E-state index contributed by atoms with van der Waals surface area (Å²) in [5.74, 6) is 1.75. The van der Waals surface area contributed by atoms with Crippen molar-refractivity contribution in [1.29, 1.82) is 0 Å². The normalized spacial score (nSPS) is 12.7. The maximum absolute atomic E-state index is 6.18. The Labute approximate surface area is 117 Å². The number of hydrogen-bond acceptors (Lipinski definition) is 2. The van der Waals surface area contributed by atoms with Crippen LogP contribution in [0.15, 0.2) is 24.4 Å². The van der Waals surface area contributed by atoms with Crippen LogP contribution in [0.3, 0.4) is 0 Å². The van der Waals surface area contributed by atoms with Crippen molar-refractivity contribution in [1.82, 2.24) is 4.98 Å². The molecule has 1 aromatic carbocycles. The lowest BCUT2D eigenvalue weighted by molar-refractivity contribution is 0.490. The lowest BCUT2D eigenvalue weighted by Gasteiger charge is -2.25. The van der Waals surface area contributed by atoms with E-state index in [9.17, 15) is 0 Å². The highest BCUT2D eigenvalue weighted by Crippen LogP contribution is 2.35. The molecule has 0 aliphatic heterocycles. The molecule has 0 saturated heterocycles. The number of nitrogens with one attached hydrogen (secondary N) is 1. The van der Waals surface area contributed by atoms with Crippen LogP contribution in [0.25, 0.3) is 10.9 Å². The van der Waals surface area contributed by atoms with E-state index in [-0.39, 0.29) is 0 Å². The molecule has 19 heavy (non-hydrogen) atoms. The Morgan fingerprint density at radius 1 is 0.842 bits per heavy atom. The highest BCUT2D eigenvalue weighted by atomic mass is 28.4. The highest BCUT2D eigenvalue weighted by Gasteiger charge is 2.23. The second-order valence-electron chi connectivity index (χ2n) is 6.79. The Balaban J connectivity index is 2.47. The van der Waals surface area contributed by atoms with E-state index in [0.717, 1.165) is 22.4 Å². The van der Waals surface area contributed by atoms with Gasteiger partial charge in [0.1, 0.15) is 11.5 Å². The number of fused-ring (bicyclic) bond motifs is 1. The van der Waals surface area contributed by atoms with Crippen LogP contribution >= 0.6 is 0 Å². The zero-order valence-corrected chi connectivity index (χ0v) is 14.6. The molecule has 0 amide bonds. The van der Waals surface area contributed by atoms with Crippen LogP contribution in [0, 0.1) is 0 Å². The fourth-order valence-corrected chi connectivity index (χ4v) is 3.52. The third-order valence-corrected chi connectivity index (χ3v) is 4.11. The predicted octanol–water partition coefficient (Wildman–Crippen LogP) is 4.60. The molecule has 0 unspecified atom stereocenters. The summed E-state index contributed by atoms with van der Waals surface area (Å²) in [7, 11) is -3.30. The van der Waals surface area contributed by atoms with Crippen molar-refractivity contribution < 1.29 is 8.85 Å². The molecule has 0 spiro atoms. The van der Waals surface area contributed by atoms with Crippen molar-refractivity contribution in [2.75, 3.05) is 0 Å². The van der Waals surface area contributed by atoms with E-state index in [1.54, 1.807) is 0 Å². The molecule has 0 aliphatic rings. The molecule has 2 aromatic rings. The minimum Gasteiger partial charge on any atom is -0.542 e. The molecular formula is C14H23NO2Si2. The Kier molecular flexibility index (Phi) is 3.53. The number of aromatic amines is 1. The Morgan fingerprint density at radius 3 is 1.89 bits per heavy atom. The van der Waals surface area contributed by atoms with Gasteiger partial charge in [-0.15, -0.1) is 0 Å². The average molecular weight is 294 g/mol. The summed E-state index contributed by atoms with van der Waals surface area (Å²) in [5, 5.41) is 1.16. The van der Waals surface area contributed by atoms with Gasteiger partial charge in [-0.2, -0.15) is 0 Å². The minimum absolute atomic E-state index is 0.872. The van der Waals surface area contributed by atoms with Gasteiger partial charge in [-0.05, 0) is 51.4 Å². The maximum Gasteiger partial charge on any atom is 0.242 e. The lowest BCUT2D eigenvalue weighted by atomic mass is 10.2. The first kappa shape index (κ1) is 14.2. The smallest absolute Gasteiger partial charge is 0.242 e. The zero-order chi connectivity index (χ0) is 14.3. The van der Waals surface area contributed by atoms with Crippen LogP contribution in [0.5, 0.6) is 11.5 Å². The predicted molar refractivity (Wildman–Crippen MR) is 86.2 cm³/mol. The van der Waals surface area contributed by atoms with E-state index in [1.807, 2.05) is 6.20 Å². The number of benzene rings is 1. The fourth-order valence-electron chi connectivity index (χ4n) is 1.88. The summed E-state index contributed by atoms with van der Waals surface area (Å²) in [5.41, 5.74) is 1.09. The monoisotopic (exact) mass is 293 g/mol. The molecule has 1 N–H and O–H groups in total. The van der Waals surface area contributed by atoms with Crippen LogP contribution in [0.1, 0.15) is 0 Å². The summed E-state index contributed by atoms with van der Waals surface area (Å²) >= 11 is 0. The van der Waals surface area contributed by atoms with E-state index in [2.05, 4.69) is 62.5 Å². The fraction of sp³-hybridized carbons (Fsp3) is 0.429. The van der Waals surface area contributed by atoms with Gasteiger partial charge in [-0.25, -0.2) is 0 Å². The van der Waals surface area contributed by atoms with Crippen LogP contribution in [-0.2, 0) is 0 Å². The van der Waals surface area contributed by atoms with E-state index in [4.69, 9.17) is 8.85 Å². The summed E-state index contributed by atoms with van der Waals surface area (Å²) < 4.78 is 12.4. The van der Waals surface area contributed by atoms with Crippen LogP contribution in [-0.4, -0.2) is 21.6 Å². The van der Waals surface area contributed by atoms with Crippen LogP contribution in [0.4, 0.5) is 0 Å². The molecule has 0 saturated carbocycles. The largest absolute Gasteiger partial charge is 0.542 e. The van der Waals surface area contributed by atoms with Gasteiger partial charge < -0.3 is 13.8 Å². The molecule has 0 radical (unpaired) electrons.